The van der Waals surface area contributed by atoms with Gasteiger partial charge in [-0.05, 0) is 37.5 Å². The maximum absolute atomic E-state index is 12.2. The largest absolute Gasteiger partial charge is 0.380 e. The number of nitrogens with zero attached hydrogens (tertiary/aromatic N) is 2. The molecule has 1 saturated carbocycles. The summed E-state index contributed by atoms with van der Waals surface area (Å²) in [5.41, 5.74) is 0. The fourth-order valence-corrected chi connectivity index (χ4v) is 3.91. The molecule has 0 spiro atoms. The van der Waals surface area contributed by atoms with Gasteiger partial charge in [0, 0.05) is 44.7 Å². The Kier molecular flexibility index (Phi) is 4.85. The van der Waals surface area contributed by atoms with Crippen LogP contribution in [-0.4, -0.2) is 60.6 Å². The van der Waals surface area contributed by atoms with Crippen molar-refractivity contribution in [2.75, 3.05) is 32.8 Å². The Morgan fingerprint density at radius 1 is 1.24 bits per heavy atom. The van der Waals surface area contributed by atoms with Crippen molar-refractivity contribution in [3.05, 3.63) is 0 Å². The van der Waals surface area contributed by atoms with Gasteiger partial charge in [-0.1, -0.05) is 13.8 Å². The van der Waals surface area contributed by atoms with Crippen LogP contribution < -0.4 is 0 Å². The molecule has 4 nitrogen and oxygen atoms in total. The first kappa shape index (κ1) is 15.3. The maximum atomic E-state index is 12.2. The second-order valence-electron chi connectivity index (χ2n) is 7.46. The van der Waals surface area contributed by atoms with Crippen LogP contribution in [0.1, 0.15) is 46.0 Å². The molecule has 0 bridgehead atoms. The van der Waals surface area contributed by atoms with Gasteiger partial charge in [0.15, 0.2) is 0 Å². The van der Waals surface area contributed by atoms with Crippen LogP contribution in [0.2, 0.25) is 0 Å². The van der Waals surface area contributed by atoms with Crippen molar-refractivity contribution in [3.8, 4) is 0 Å². The number of amides is 1. The number of piperidine rings is 2. The molecule has 120 valence electrons. The van der Waals surface area contributed by atoms with Crippen molar-refractivity contribution in [1.29, 1.82) is 0 Å². The summed E-state index contributed by atoms with van der Waals surface area (Å²) < 4.78 is 5.71. The lowest BCUT2D eigenvalue weighted by Crippen LogP contribution is -2.56. The van der Waals surface area contributed by atoms with Crippen molar-refractivity contribution in [2.45, 2.75) is 58.0 Å². The zero-order chi connectivity index (χ0) is 14.8. The molecule has 2 saturated heterocycles. The minimum Gasteiger partial charge on any atom is -0.380 e. The van der Waals surface area contributed by atoms with E-state index in [-0.39, 0.29) is 0 Å². The molecule has 0 aromatic rings. The molecule has 3 fully saturated rings. The molecule has 2 atom stereocenters. The topological polar surface area (TPSA) is 32.8 Å². The van der Waals surface area contributed by atoms with Gasteiger partial charge in [-0.3, -0.25) is 4.79 Å². The maximum Gasteiger partial charge on any atom is 0.223 e. The Hall–Kier alpha value is -0.610. The van der Waals surface area contributed by atoms with Crippen molar-refractivity contribution >= 4 is 5.91 Å². The number of hydrogen-bond acceptors (Lipinski definition) is 3. The van der Waals surface area contributed by atoms with Gasteiger partial charge in [0.25, 0.3) is 0 Å². The van der Waals surface area contributed by atoms with E-state index in [2.05, 4.69) is 23.6 Å². The lowest BCUT2D eigenvalue weighted by atomic mass is 9.83. The highest BCUT2D eigenvalue weighted by Crippen LogP contribution is 2.38. The predicted octanol–water partition coefficient (Wildman–Crippen LogP) is 2.13. The van der Waals surface area contributed by atoms with Crippen LogP contribution >= 0.6 is 0 Å². The molecule has 1 aliphatic carbocycles. The number of fused-ring (bicyclic) bond motifs is 1. The molecule has 21 heavy (non-hydrogen) atoms. The molecule has 4 heteroatoms. The van der Waals surface area contributed by atoms with Gasteiger partial charge in [-0.25, -0.2) is 0 Å². The standard InChI is InChI=1S/C17H30N2O2/c1-13(2)12-21-10-9-18-8-7-16-14(11-18)3-6-17(20)19(16)15-4-5-15/h13-16H,3-12H2,1-2H3/t14-,16-/m1/s1. The lowest BCUT2D eigenvalue weighted by Gasteiger charge is -2.47. The number of likely N-dealkylation sites (tertiary alicyclic amines) is 2. The molecular weight excluding hydrogens is 264 g/mol. The Morgan fingerprint density at radius 2 is 2.05 bits per heavy atom. The summed E-state index contributed by atoms with van der Waals surface area (Å²) in [5, 5.41) is 0. The Bertz CT molecular complexity index is 368. The summed E-state index contributed by atoms with van der Waals surface area (Å²) in [6, 6.07) is 1.12. The number of rotatable bonds is 6. The molecule has 3 rings (SSSR count). The first-order valence-electron chi connectivity index (χ1n) is 8.76. The Balaban J connectivity index is 1.46. The number of carbonyl (C=O) groups excluding carboxylic acids is 1. The van der Waals surface area contributed by atoms with E-state index in [0.29, 0.717) is 29.8 Å². The van der Waals surface area contributed by atoms with Crippen LogP contribution in [-0.2, 0) is 9.53 Å². The Morgan fingerprint density at radius 3 is 2.76 bits per heavy atom. The zero-order valence-corrected chi connectivity index (χ0v) is 13.6. The van der Waals surface area contributed by atoms with E-state index in [4.69, 9.17) is 4.74 Å². The molecule has 0 aromatic heterocycles. The van der Waals surface area contributed by atoms with E-state index in [1.165, 1.54) is 12.8 Å². The van der Waals surface area contributed by atoms with Crippen LogP contribution in [0.15, 0.2) is 0 Å². The molecule has 0 radical (unpaired) electrons. The summed E-state index contributed by atoms with van der Waals surface area (Å²) in [5.74, 6) is 1.74. The Labute approximate surface area is 128 Å². The molecular formula is C17H30N2O2. The summed E-state index contributed by atoms with van der Waals surface area (Å²) >= 11 is 0. The van der Waals surface area contributed by atoms with E-state index >= 15 is 0 Å². The summed E-state index contributed by atoms with van der Waals surface area (Å²) in [6.45, 7) is 9.43. The fourth-order valence-electron chi connectivity index (χ4n) is 3.91. The first-order chi connectivity index (χ1) is 10.1. The smallest absolute Gasteiger partial charge is 0.223 e. The normalized spacial score (nSPS) is 30.8. The van der Waals surface area contributed by atoms with Crippen LogP contribution in [0, 0.1) is 11.8 Å². The second-order valence-corrected chi connectivity index (χ2v) is 7.46. The SMILES string of the molecule is CC(C)COCCN1CC[C@@H]2[C@H](CCC(=O)N2C2CC2)C1. The monoisotopic (exact) mass is 294 g/mol. The van der Waals surface area contributed by atoms with E-state index in [0.717, 1.165) is 52.1 Å². The number of carbonyl (C=O) groups is 1. The molecule has 3 aliphatic rings. The summed E-state index contributed by atoms with van der Waals surface area (Å²) in [4.78, 5) is 17.0. The van der Waals surface area contributed by atoms with Gasteiger partial charge < -0.3 is 14.5 Å². The minimum absolute atomic E-state index is 0.424. The number of ether oxygens (including phenoxy) is 1. The fraction of sp³-hybridized carbons (Fsp3) is 0.941. The first-order valence-corrected chi connectivity index (χ1v) is 8.76. The van der Waals surface area contributed by atoms with Crippen molar-refractivity contribution in [3.63, 3.8) is 0 Å². The molecule has 2 aliphatic heterocycles. The molecule has 1 amide bonds. The van der Waals surface area contributed by atoms with E-state index in [9.17, 15) is 4.79 Å². The quantitative estimate of drug-likeness (QED) is 0.704. The third-order valence-electron chi connectivity index (χ3n) is 5.10. The third kappa shape index (κ3) is 3.78. The van der Waals surface area contributed by atoms with Crippen molar-refractivity contribution in [1.82, 2.24) is 9.80 Å². The van der Waals surface area contributed by atoms with E-state index < -0.39 is 0 Å². The van der Waals surface area contributed by atoms with Gasteiger partial charge in [0.2, 0.25) is 5.91 Å². The lowest BCUT2D eigenvalue weighted by molar-refractivity contribution is -0.142. The van der Waals surface area contributed by atoms with Gasteiger partial charge >= 0.3 is 0 Å². The molecule has 0 aromatic carbocycles. The number of hydrogen-bond donors (Lipinski definition) is 0. The van der Waals surface area contributed by atoms with Gasteiger partial charge in [-0.15, -0.1) is 0 Å². The van der Waals surface area contributed by atoms with E-state index in [1.54, 1.807) is 0 Å². The summed E-state index contributed by atoms with van der Waals surface area (Å²) in [7, 11) is 0. The van der Waals surface area contributed by atoms with Gasteiger partial charge in [0.1, 0.15) is 0 Å². The highest BCUT2D eigenvalue weighted by atomic mass is 16.5. The van der Waals surface area contributed by atoms with Crippen LogP contribution in [0.25, 0.3) is 0 Å². The highest BCUT2D eigenvalue weighted by Gasteiger charge is 2.45. The highest BCUT2D eigenvalue weighted by molar-refractivity contribution is 5.78. The van der Waals surface area contributed by atoms with Gasteiger partial charge in [-0.2, -0.15) is 0 Å². The summed E-state index contributed by atoms with van der Waals surface area (Å²) in [6.07, 6.45) is 5.51. The van der Waals surface area contributed by atoms with Gasteiger partial charge in [0.05, 0.1) is 6.61 Å². The molecule has 0 unspecified atom stereocenters. The van der Waals surface area contributed by atoms with Crippen molar-refractivity contribution in [2.24, 2.45) is 11.8 Å². The molecule has 2 heterocycles. The van der Waals surface area contributed by atoms with Crippen LogP contribution in [0.4, 0.5) is 0 Å². The van der Waals surface area contributed by atoms with Crippen LogP contribution in [0.3, 0.4) is 0 Å². The average molecular weight is 294 g/mol. The average Bonchev–Trinajstić information content (AvgIpc) is 3.28. The third-order valence-corrected chi connectivity index (χ3v) is 5.10. The minimum atomic E-state index is 0.424. The second kappa shape index (κ2) is 6.66. The zero-order valence-electron chi connectivity index (χ0n) is 13.6. The van der Waals surface area contributed by atoms with Crippen LogP contribution in [0.5, 0.6) is 0 Å². The van der Waals surface area contributed by atoms with Crippen molar-refractivity contribution < 1.29 is 9.53 Å². The predicted molar refractivity (Wildman–Crippen MR) is 83.1 cm³/mol. The van der Waals surface area contributed by atoms with E-state index in [1.807, 2.05) is 0 Å². The molecule has 0 N–H and O–H groups in total.